The number of nitrogens with one attached hydrogen (secondary N) is 2. The van der Waals surface area contributed by atoms with Crippen LogP contribution in [0.25, 0.3) is 0 Å². The van der Waals surface area contributed by atoms with Gasteiger partial charge in [0.15, 0.2) is 0 Å². The van der Waals surface area contributed by atoms with Crippen LogP contribution in [0.1, 0.15) is 35.8 Å². The summed E-state index contributed by atoms with van der Waals surface area (Å²) in [4.78, 5) is 16.0. The molecule has 5 heteroatoms. The fourth-order valence-corrected chi connectivity index (χ4v) is 2.21. The topological polar surface area (TPSA) is 59.0 Å². The maximum atomic E-state index is 11.9. The monoisotopic (exact) mass is 284 g/mol. The van der Waals surface area contributed by atoms with Crippen LogP contribution in [0.3, 0.4) is 0 Å². The number of imidazole rings is 1. The van der Waals surface area contributed by atoms with Crippen LogP contribution in [-0.2, 0) is 13.1 Å². The molecule has 1 aromatic heterocycles. The summed E-state index contributed by atoms with van der Waals surface area (Å²) in [5.41, 5.74) is 2.86. The summed E-state index contributed by atoms with van der Waals surface area (Å²) in [6, 6.07) is 7.99. The van der Waals surface area contributed by atoms with Crippen molar-refractivity contribution >= 4 is 11.6 Å². The lowest BCUT2D eigenvalue weighted by atomic mass is 10.2. The van der Waals surface area contributed by atoms with Crippen LogP contribution in [0.4, 0.5) is 5.69 Å². The Balaban J connectivity index is 1.57. The molecule has 110 valence electrons. The van der Waals surface area contributed by atoms with Crippen molar-refractivity contribution in [2.75, 3.05) is 5.32 Å². The number of hydrogen-bond acceptors (Lipinski definition) is 3. The molecule has 0 bridgehead atoms. The van der Waals surface area contributed by atoms with Gasteiger partial charge in [0.05, 0.1) is 18.6 Å². The second-order valence-electron chi connectivity index (χ2n) is 5.35. The predicted octanol–water partition coefficient (Wildman–Crippen LogP) is 2.41. The highest BCUT2D eigenvalue weighted by Gasteiger charge is 2.23. The van der Waals surface area contributed by atoms with E-state index in [1.54, 1.807) is 0 Å². The second-order valence-corrected chi connectivity index (χ2v) is 5.35. The van der Waals surface area contributed by atoms with Gasteiger partial charge in [0.25, 0.3) is 5.91 Å². The van der Waals surface area contributed by atoms with Gasteiger partial charge in [-0.2, -0.15) is 0 Å². The first-order chi connectivity index (χ1) is 10.3. The van der Waals surface area contributed by atoms with Gasteiger partial charge in [0, 0.05) is 30.0 Å². The summed E-state index contributed by atoms with van der Waals surface area (Å²) in [7, 11) is 0. The zero-order chi connectivity index (χ0) is 14.7. The Bertz CT molecular complexity index is 613. The van der Waals surface area contributed by atoms with Crippen molar-refractivity contribution in [3.05, 3.63) is 48.0 Å². The van der Waals surface area contributed by atoms with E-state index in [4.69, 9.17) is 0 Å². The number of hydrogen-bond donors (Lipinski definition) is 2. The van der Waals surface area contributed by atoms with E-state index in [2.05, 4.69) is 27.1 Å². The predicted molar refractivity (Wildman–Crippen MR) is 82.2 cm³/mol. The summed E-state index contributed by atoms with van der Waals surface area (Å²) < 4.78 is 2.10. The van der Waals surface area contributed by atoms with Gasteiger partial charge in [-0.3, -0.25) is 4.79 Å². The molecule has 0 spiro atoms. The Morgan fingerprint density at radius 2 is 2.10 bits per heavy atom. The summed E-state index contributed by atoms with van der Waals surface area (Å²) in [5, 5.41) is 6.34. The number of anilines is 1. The molecular weight excluding hydrogens is 264 g/mol. The lowest BCUT2D eigenvalue weighted by Gasteiger charge is -2.09. The smallest absolute Gasteiger partial charge is 0.251 e. The molecule has 3 rings (SSSR count). The van der Waals surface area contributed by atoms with Crippen molar-refractivity contribution in [2.24, 2.45) is 0 Å². The van der Waals surface area contributed by atoms with Crippen LogP contribution in [-0.4, -0.2) is 21.5 Å². The molecule has 5 nitrogen and oxygen atoms in total. The third-order valence-electron chi connectivity index (χ3n) is 3.67. The van der Waals surface area contributed by atoms with E-state index in [0.29, 0.717) is 11.6 Å². The Kier molecular flexibility index (Phi) is 3.90. The van der Waals surface area contributed by atoms with Gasteiger partial charge >= 0.3 is 0 Å². The number of benzene rings is 1. The summed E-state index contributed by atoms with van der Waals surface area (Å²) in [6.07, 6.45) is 5.92. The molecule has 1 aliphatic rings. The third kappa shape index (κ3) is 3.42. The van der Waals surface area contributed by atoms with Gasteiger partial charge in [-0.1, -0.05) is 0 Å². The van der Waals surface area contributed by atoms with Crippen LogP contribution in [0.2, 0.25) is 0 Å². The van der Waals surface area contributed by atoms with Crippen LogP contribution in [0.5, 0.6) is 0 Å². The highest BCUT2D eigenvalue weighted by molar-refractivity contribution is 5.94. The van der Waals surface area contributed by atoms with E-state index in [1.807, 2.05) is 36.8 Å². The molecule has 1 amide bonds. The number of carbonyl (C=O) groups excluding carboxylic acids is 1. The van der Waals surface area contributed by atoms with Gasteiger partial charge < -0.3 is 15.2 Å². The number of rotatable bonds is 6. The summed E-state index contributed by atoms with van der Waals surface area (Å²) >= 11 is 0. The average molecular weight is 284 g/mol. The molecule has 2 N–H and O–H groups in total. The Morgan fingerprint density at radius 1 is 1.33 bits per heavy atom. The van der Waals surface area contributed by atoms with E-state index in [1.165, 1.54) is 0 Å². The molecule has 1 heterocycles. The minimum Gasteiger partial charge on any atom is -0.379 e. The minimum absolute atomic E-state index is 0.0214. The van der Waals surface area contributed by atoms with E-state index in [9.17, 15) is 4.79 Å². The molecule has 0 aliphatic heterocycles. The number of aromatic nitrogens is 2. The maximum Gasteiger partial charge on any atom is 0.251 e. The Morgan fingerprint density at radius 3 is 2.76 bits per heavy atom. The molecule has 2 aromatic rings. The van der Waals surface area contributed by atoms with Crippen LogP contribution in [0.15, 0.2) is 36.8 Å². The zero-order valence-electron chi connectivity index (χ0n) is 12.2. The fourth-order valence-electron chi connectivity index (χ4n) is 2.21. The van der Waals surface area contributed by atoms with Crippen LogP contribution >= 0.6 is 0 Å². The quantitative estimate of drug-likeness (QED) is 0.856. The minimum atomic E-state index is 0.0214. The van der Waals surface area contributed by atoms with E-state index < -0.39 is 0 Å². The number of aryl methyl sites for hydroxylation is 1. The molecule has 1 aromatic carbocycles. The lowest BCUT2D eigenvalue weighted by Crippen LogP contribution is -2.25. The molecule has 0 unspecified atom stereocenters. The first-order valence-corrected chi connectivity index (χ1v) is 7.40. The first kappa shape index (κ1) is 13.7. The van der Waals surface area contributed by atoms with E-state index in [0.717, 1.165) is 37.3 Å². The Hall–Kier alpha value is -2.30. The molecule has 1 fully saturated rings. The highest BCUT2D eigenvalue weighted by Crippen LogP contribution is 2.19. The average Bonchev–Trinajstić information content (AvgIpc) is 3.20. The van der Waals surface area contributed by atoms with Crippen molar-refractivity contribution in [3.63, 3.8) is 0 Å². The maximum absolute atomic E-state index is 11.9. The standard InChI is InChI=1S/C16H20N4O/c1-2-20-11-17-9-15(20)10-18-13-5-3-12(4-6-13)16(21)19-14-7-8-14/h3-6,9,11,14,18H,2,7-8,10H2,1H3,(H,19,21). The van der Waals surface area contributed by atoms with E-state index in [-0.39, 0.29) is 5.91 Å². The van der Waals surface area contributed by atoms with Gasteiger partial charge in [0.2, 0.25) is 0 Å². The van der Waals surface area contributed by atoms with E-state index >= 15 is 0 Å². The molecule has 0 atom stereocenters. The van der Waals surface area contributed by atoms with Gasteiger partial charge in [0.1, 0.15) is 0 Å². The van der Waals surface area contributed by atoms with Crippen molar-refractivity contribution in [2.45, 2.75) is 38.9 Å². The molecule has 0 saturated heterocycles. The largest absolute Gasteiger partial charge is 0.379 e. The molecule has 21 heavy (non-hydrogen) atoms. The number of nitrogens with zero attached hydrogens (tertiary/aromatic N) is 2. The summed E-state index contributed by atoms with van der Waals surface area (Å²) in [5.74, 6) is 0.0214. The summed E-state index contributed by atoms with van der Waals surface area (Å²) in [6.45, 7) is 3.73. The lowest BCUT2D eigenvalue weighted by molar-refractivity contribution is 0.0951. The van der Waals surface area contributed by atoms with Gasteiger partial charge in [-0.05, 0) is 44.0 Å². The number of amides is 1. The molecular formula is C16H20N4O. The molecule has 1 saturated carbocycles. The third-order valence-corrected chi connectivity index (χ3v) is 3.67. The molecule has 0 radical (unpaired) electrons. The normalized spacial score (nSPS) is 14.0. The van der Waals surface area contributed by atoms with Gasteiger partial charge in [-0.15, -0.1) is 0 Å². The highest BCUT2D eigenvalue weighted by atomic mass is 16.1. The van der Waals surface area contributed by atoms with Crippen molar-refractivity contribution < 1.29 is 4.79 Å². The second kappa shape index (κ2) is 5.99. The first-order valence-electron chi connectivity index (χ1n) is 7.40. The zero-order valence-corrected chi connectivity index (χ0v) is 12.2. The SMILES string of the molecule is CCn1cncc1CNc1ccc(C(=O)NC2CC2)cc1. The van der Waals surface area contributed by atoms with Gasteiger partial charge in [-0.25, -0.2) is 4.98 Å². The van der Waals surface area contributed by atoms with Crippen LogP contribution < -0.4 is 10.6 Å². The van der Waals surface area contributed by atoms with Crippen molar-refractivity contribution in [1.82, 2.24) is 14.9 Å². The number of carbonyl (C=O) groups is 1. The fraction of sp³-hybridized carbons (Fsp3) is 0.375. The van der Waals surface area contributed by atoms with Crippen LogP contribution in [0, 0.1) is 0 Å². The molecule has 1 aliphatic carbocycles. The van der Waals surface area contributed by atoms with Crippen molar-refractivity contribution in [1.29, 1.82) is 0 Å². The van der Waals surface area contributed by atoms with Crippen molar-refractivity contribution in [3.8, 4) is 0 Å². The Labute approximate surface area is 124 Å².